The summed E-state index contributed by atoms with van der Waals surface area (Å²) in [6.45, 7) is 7.54. The lowest BCUT2D eigenvalue weighted by molar-refractivity contribution is -0.121. The second kappa shape index (κ2) is 9.79. The number of hydrogen-bond acceptors (Lipinski definition) is 5. The molecule has 2 aliphatic rings. The van der Waals surface area contributed by atoms with Crippen LogP contribution < -0.4 is 4.74 Å². The van der Waals surface area contributed by atoms with Gasteiger partial charge in [0.2, 0.25) is 0 Å². The summed E-state index contributed by atoms with van der Waals surface area (Å²) in [5.74, 6) is 6.40. The lowest BCUT2D eigenvalue weighted by atomic mass is 9.67. The average molecular weight is 441 g/mol. The lowest BCUT2D eigenvalue weighted by Crippen LogP contribution is -2.45. The van der Waals surface area contributed by atoms with E-state index in [-0.39, 0.29) is 17.6 Å². The molecule has 0 saturated heterocycles. The van der Waals surface area contributed by atoms with Crippen molar-refractivity contribution in [1.29, 1.82) is 0 Å². The molecule has 5 nitrogen and oxygen atoms in total. The van der Waals surface area contributed by atoms with Crippen LogP contribution in [-0.2, 0) is 16.6 Å². The number of benzene rings is 1. The number of carbonyl (C=O) groups is 1. The SMILES string of the molecule is CC#CC[C@H](C)[C@H](O)/C=C/[C@H]1[C@H](O)C[C@]2(C)Oc3c(CCCC(=O)CO)cccc3[C@]12C. The van der Waals surface area contributed by atoms with E-state index in [4.69, 9.17) is 9.84 Å². The van der Waals surface area contributed by atoms with Gasteiger partial charge in [-0.05, 0) is 38.2 Å². The largest absolute Gasteiger partial charge is 0.486 e. The van der Waals surface area contributed by atoms with Crippen LogP contribution in [0.15, 0.2) is 30.4 Å². The van der Waals surface area contributed by atoms with Crippen LogP contribution in [0.4, 0.5) is 0 Å². The standard InChI is InChI=1S/C27H36O5/c1-5-6-9-18(2)23(30)15-14-21-24(31)16-26(3)27(21,4)22-13-8-11-19(25(22)32-26)10-7-12-20(29)17-28/h8,11,13-15,18,21,23-24,28,30-31H,7,9-10,12,16-17H2,1-4H3/b15-14+/t18-,21-,23+,24+,26-,27-/m0/s1. The Kier molecular flexibility index (Phi) is 7.50. The zero-order valence-electron chi connectivity index (χ0n) is 19.6. The third kappa shape index (κ3) is 4.37. The third-order valence-electron chi connectivity index (χ3n) is 7.54. The van der Waals surface area contributed by atoms with Crippen LogP contribution in [0.25, 0.3) is 0 Å². The van der Waals surface area contributed by atoms with Crippen LogP contribution in [0.1, 0.15) is 64.5 Å². The highest BCUT2D eigenvalue weighted by molar-refractivity contribution is 5.79. The molecule has 1 saturated carbocycles. The normalized spacial score (nSPS) is 30.2. The van der Waals surface area contributed by atoms with E-state index < -0.39 is 29.8 Å². The summed E-state index contributed by atoms with van der Waals surface area (Å²) in [4.78, 5) is 11.5. The van der Waals surface area contributed by atoms with Gasteiger partial charge in [-0.2, -0.15) is 0 Å². The van der Waals surface area contributed by atoms with Gasteiger partial charge in [-0.1, -0.05) is 44.2 Å². The van der Waals surface area contributed by atoms with E-state index >= 15 is 0 Å². The highest BCUT2D eigenvalue weighted by atomic mass is 16.5. The quantitative estimate of drug-likeness (QED) is 0.405. The molecule has 0 unspecified atom stereocenters. The van der Waals surface area contributed by atoms with Crippen molar-refractivity contribution >= 4 is 5.78 Å². The maximum absolute atomic E-state index is 11.5. The van der Waals surface area contributed by atoms with Gasteiger partial charge in [-0.15, -0.1) is 11.8 Å². The zero-order chi connectivity index (χ0) is 23.5. The fourth-order valence-electron chi connectivity index (χ4n) is 5.31. The Morgan fingerprint density at radius 2 is 2.12 bits per heavy atom. The molecule has 0 spiro atoms. The van der Waals surface area contributed by atoms with E-state index in [0.29, 0.717) is 32.1 Å². The Hall–Kier alpha value is -2.13. The van der Waals surface area contributed by atoms with Gasteiger partial charge >= 0.3 is 0 Å². The van der Waals surface area contributed by atoms with E-state index in [9.17, 15) is 15.0 Å². The van der Waals surface area contributed by atoms with E-state index in [2.05, 4.69) is 31.8 Å². The molecule has 0 amide bonds. The molecule has 0 bridgehead atoms. The fourth-order valence-corrected chi connectivity index (χ4v) is 5.31. The van der Waals surface area contributed by atoms with E-state index in [1.54, 1.807) is 13.0 Å². The minimum absolute atomic E-state index is 0.0109. The first-order chi connectivity index (χ1) is 15.2. The molecule has 1 fully saturated rings. The molecule has 3 N–H and O–H groups in total. The molecular weight excluding hydrogens is 404 g/mol. The molecule has 5 heteroatoms. The van der Waals surface area contributed by atoms with Gasteiger partial charge in [0.05, 0.1) is 12.2 Å². The monoisotopic (exact) mass is 440 g/mol. The van der Waals surface area contributed by atoms with Gasteiger partial charge in [0.15, 0.2) is 5.78 Å². The molecule has 6 atom stereocenters. The number of aliphatic hydroxyl groups excluding tert-OH is 3. The number of fused-ring (bicyclic) bond motifs is 3. The summed E-state index contributed by atoms with van der Waals surface area (Å²) in [5.41, 5.74) is 1.11. The van der Waals surface area contributed by atoms with Crippen molar-refractivity contribution in [2.75, 3.05) is 6.61 Å². The number of ether oxygens (including phenoxy) is 1. The van der Waals surface area contributed by atoms with Gasteiger partial charge in [0, 0.05) is 36.2 Å². The summed E-state index contributed by atoms with van der Waals surface area (Å²) < 4.78 is 6.54. The first-order valence-electron chi connectivity index (χ1n) is 11.6. The number of rotatable bonds is 9. The minimum Gasteiger partial charge on any atom is -0.486 e. The molecule has 3 rings (SSSR count). The smallest absolute Gasteiger partial charge is 0.158 e. The Bertz CT molecular complexity index is 926. The zero-order valence-corrected chi connectivity index (χ0v) is 19.6. The molecule has 1 aromatic rings. The lowest BCUT2D eigenvalue weighted by Gasteiger charge is -2.36. The van der Waals surface area contributed by atoms with Gasteiger partial charge in [-0.3, -0.25) is 4.79 Å². The first-order valence-corrected chi connectivity index (χ1v) is 11.6. The molecule has 1 aromatic carbocycles. The van der Waals surface area contributed by atoms with Crippen molar-refractivity contribution in [2.24, 2.45) is 11.8 Å². The van der Waals surface area contributed by atoms with E-state index in [0.717, 1.165) is 16.9 Å². The number of ketones is 1. The fraction of sp³-hybridized carbons (Fsp3) is 0.593. The van der Waals surface area contributed by atoms with Crippen LogP contribution in [-0.4, -0.2) is 45.5 Å². The van der Waals surface area contributed by atoms with Gasteiger partial charge in [0.25, 0.3) is 0 Å². The number of aliphatic hydroxyl groups is 3. The summed E-state index contributed by atoms with van der Waals surface area (Å²) >= 11 is 0. The average Bonchev–Trinajstić information content (AvgIpc) is 3.10. The first kappa shape index (κ1) is 24.5. The third-order valence-corrected chi connectivity index (χ3v) is 7.54. The van der Waals surface area contributed by atoms with Crippen LogP contribution in [0.5, 0.6) is 5.75 Å². The number of carbonyl (C=O) groups excluding carboxylic acids is 1. The maximum atomic E-state index is 11.5. The minimum atomic E-state index is -0.629. The number of Topliss-reactive ketones (excluding diaryl/α,β-unsaturated/α-hetero) is 1. The van der Waals surface area contributed by atoms with Crippen molar-refractivity contribution in [2.45, 2.75) is 83.0 Å². The van der Waals surface area contributed by atoms with Gasteiger partial charge < -0.3 is 20.1 Å². The molecule has 32 heavy (non-hydrogen) atoms. The number of para-hydroxylation sites is 1. The Morgan fingerprint density at radius 3 is 2.81 bits per heavy atom. The summed E-state index contributed by atoms with van der Waals surface area (Å²) in [7, 11) is 0. The second-order valence-corrected chi connectivity index (χ2v) is 9.66. The molecule has 0 aromatic heterocycles. The Balaban J connectivity index is 1.86. The summed E-state index contributed by atoms with van der Waals surface area (Å²) in [6.07, 6.45) is 5.38. The van der Waals surface area contributed by atoms with E-state index in [1.165, 1.54) is 0 Å². The summed E-state index contributed by atoms with van der Waals surface area (Å²) in [6, 6.07) is 6.10. The van der Waals surface area contributed by atoms with Crippen LogP contribution in [0.3, 0.4) is 0 Å². The molecule has 0 radical (unpaired) electrons. The predicted octanol–water partition coefficient (Wildman–Crippen LogP) is 3.33. The molecule has 1 aliphatic carbocycles. The van der Waals surface area contributed by atoms with Crippen molar-refractivity contribution < 1.29 is 24.9 Å². The van der Waals surface area contributed by atoms with Gasteiger partial charge in [-0.25, -0.2) is 0 Å². The van der Waals surface area contributed by atoms with Crippen molar-refractivity contribution in [3.63, 3.8) is 0 Å². The second-order valence-electron chi connectivity index (χ2n) is 9.66. The highest BCUT2D eigenvalue weighted by Gasteiger charge is 2.65. The van der Waals surface area contributed by atoms with Crippen molar-refractivity contribution in [1.82, 2.24) is 0 Å². The molecule has 1 heterocycles. The van der Waals surface area contributed by atoms with Crippen LogP contribution in [0, 0.1) is 23.7 Å². The molecule has 174 valence electrons. The summed E-state index contributed by atoms with van der Waals surface area (Å²) in [5, 5.41) is 30.5. The topological polar surface area (TPSA) is 87.0 Å². The maximum Gasteiger partial charge on any atom is 0.158 e. The molecule has 1 aliphatic heterocycles. The molecular formula is C27H36O5. The van der Waals surface area contributed by atoms with E-state index in [1.807, 2.05) is 25.1 Å². The van der Waals surface area contributed by atoms with Crippen molar-refractivity contribution in [3.8, 4) is 17.6 Å². The Labute approximate surface area is 191 Å². The van der Waals surface area contributed by atoms with Crippen LogP contribution in [0.2, 0.25) is 0 Å². The van der Waals surface area contributed by atoms with Gasteiger partial charge in [0.1, 0.15) is 18.0 Å². The van der Waals surface area contributed by atoms with Crippen molar-refractivity contribution in [3.05, 3.63) is 41.5 Å². The number of hydrogen-bond donors (Lipinski definition) is 3. The predicted molar refractivity (Wildman–Crippen MR) is 124 cm³/mol. The van der Waals surface area contributed by atoms with Crippen LogP contribution >= 0.6 is 0 Å². The number of aryl methyl sites for hydroxylation is 1. The highest BCUT2D eigenvalue weighted by Crippen LogP contribution is 2.61. The Morgan fingerprint density at radius 1 is 1.38 bits per heavy atom.